The number of benzene rings is 1. The van der Waals surface area contributed by atoms with Gasteiger partial charge in [-0.3, -0.25) is 4.79 Å². The molecule has 0 aliphatic rings. The van der Waals surface area contributed by atoms with E-state index in [1.807, 2.05) is 0 Å². The Morgan fingerprint density at radius 1 is 1.44 bits per heavy atom. The highest BCUT2D eigenvalue weighted by atomic mass is 16.3. The summed E-state index contributed by atoms with van der Waals surface area (Å²) in [5.41, 5.74) is 5.81. The van der Waals surface area contributed by atoms with E-state index < -0.39 is 12.2 Å². The monoisotopic (exact) mass is 254 g/mol. The van der Waals surface area contributed by atoms with Crippen LogP contribution in [0.25, 0.3) is 0 Å². The van der Waals surface area contributed by atoms with Crippen molar-refractivity contribution >= 4 is 11.6 Å². The second-order valence-corrected chi connectivity index (χ2v) is 4.07. The molecule has 0 heterocycles. The lowest BCUT2D eigenvalue weighted by molar-refractivity contribution is -0.119. The Labute approximate surface area is 105 Å². The molecule has 0 fully saturated rings. The zero-order valence-electron chi connectivity index (χ0n) is 10.1. The van der Waals surface area contributed by atoms with Gasteiger partial charge in [-0.2, -0.15) is 0 Å². The summed E-state index contributed by atoms with van der Waals surface area (Å²) >= 11 is 0. The van der Waals surface area contributed by atoms with E-state index in [2.05, 4.69) is 5.32 Å². The predicted octanol–water partition coefficient (Wildman–Crippen LogP) is -0.105. The van der Waals surface area contributed by atoms with Crippen LogP contribution in [-0.4, -0.2) is 33.9 Å². The van der Waals surface area contributed by atoms with Gasteiger partial charge in [-0.15, -0.1) is 0 Å². The van der Waals surface area contributed by atoms with Crippen molar-refractivity contribution < 1.29 is 20.1 Å². The Morgan fingerprint density at radius 3 is 2.72 bits per heavy atom. The van der Waals surface area contributed by atoms with Crippen LogP contribution < -0.4 is 11.1 Å². The molecule has 2 atom stereocenters. The lowest BCUT2D eigenvalue weighted by atomic mass is 10.0. The molecule has 6 N–H and O–H groups in total. The number of aliphatic hydroxyl groups is 2. The number of nitrogen functional groups attached to an aromatic ring is 1. The van der Waals surface area contributed by atoms with E-state index in [0.29, 0.717) is 0 Å². The predicted molar refractivity (Wildman–Crippen MR) is 66.8 cm³/mol. The number of aliphatic hydroxyl groups excluding tert-OH is 2. The van der Waals surface area contributed by atoms with Crippen LogP contribution in [0.4, 0.5) is 5.69 Å². The Hall–Kier alpha value is -1.79. The molecule has 2 unspecified atom stereocenters. The minimum atomic E-state index is -1.25. The number of anilines is 1. The van der Waals surface area contributed by atoms with Crippen LogP contribution in [0.2, 0.25) is 0 Å². The Bertz CT molecular complexity index is 423. The fourth-order valence-electron chi connectivity index (χ4n) is 1.58. The zero-order valence-corrected chi connectivity index (χ0v) is 10.1. The van der Waals surface area contributed by atoms with Crippen LogP contribution in [0.5, 0.6) is 5.75 Å². The van der Waals surface area contributed by atoms with Crippen molar-refractivity contribution in [2.45, 2.75) is 25.6 Å². The third-order valence-corrected chi connectivity index (χ3v) is 2.60. The molecule has 0 saturated carbocycles. The molecular weight excluding hydrogens is 236 g/mol. The Kier molecular flexibility index (Phi) is 4.94. The molecule has 0 spiro atoms. The van der Waals surface area contributed by atoms with Crippen LogP contribution >= 0.6 is 0 Å². The van der Waals surface area contributed by atoms with Crippen molar-refractivity contribution in [3.63, 3.8) is 0 Å². The van der Waals surface area contributed by atoms with E-state index in [1.54, 1.807) is 6.07 Å². The van der Waals surface area contributed by atoms with Gasteiger partial charge in [-0.25, -0.2) is 0 Å². The first kappa shape index (κ1) is 14.3. The number of phenolic OH excluding ortho intramolecular Hbond substituents is 1. The minimum absolute atomic E-state index is 0.139. The van der Waals surface area contributed by atoms with Gasteiger partial charge in [-0.05, 0) is 12.5 Å². The van der Waals surface area contributed by atoms with Gasteiger partial charge in [0.2, 0.25) is 5.91 Å². The SMILES string of the molecule is CC(=O)NCCC(O)C(O)c1cccc(N)c1O. The summed E-state index contributed by atoms with van der Waals surface area (Å²) in [6.45, 7) is 1.61. The number of hydrogen-bond acceptors (Lipinski definition) is 5. The topological polar surface area (TPSA) is 116 Å². The maximum atomic E-state index is 10.7. The van der Waals surface area contributed by atoms with Gasteiger partial charge in [0.15, 0.2) is 0 Å². The molecule has 1 rings (SSSR count). The van der Waals surface area contributed by atoms with Crippen molar-refractivity contribution in [2.75, 3.05) is 12.3 Å². The molecule has 0 aliphatic carbocycles. The van der Waals surface area contributed by atoms with Crippen LogP contribution in [0, 0.1) is 0 Å². The fourth-order valence-corrected chi connectivity index (χ4v) is 1.58. The van der Waals surface area contributed by atoms with Crippen LogP contribution in [0.15, 0.2) is 18.2 Å². The van der Waals surface area contributed by atoms with E-state index in [0.717, 1.165) is 0 Å². The van der Waals surface area contributed by atoms with Crippen LogP contribution in [0.3, 0.4) is 0 Å². The second-order valence-electron chi connectivity index (χ2n) is 4.07. The molecule has 6 heteroatoms. The molecule has 100 valence electrons. The molecule has 1 amide bonds. The summed E-state index contributed by atoms with van der Waals surface area (Å²) < 4.78 is 0. The van der Waals surface area contributed by atoms with Crippen molar-refractivity contribution in [1.82, 2.24) is 5.32 Å². The molecule has 0 aliphatic heterocycles. The van der Waals surface area contributed by atoms with Gasteiger partial charge in [0, 0.05) is 19.0 Å². The first-order valence-electron chi connectivity index (χ1n) is 5.61. The van der Waals surface area contributed by atoms with Crippen molar-refractivity contribution in [3.8, 4) is 5.75 Å². The number of nitrogens with two attached hydrogens (primary N) is 1. The maximum Gasteiger partial charge on any atom is 0.216 e. The average Bonchev–Trinajstić information content (AvgIpc) is 2.31. The number of aromatic hydroxyl groups is 1. The van der Waals surface area contributed by atoms with Crippen molar-refractivity contribution in [2.24, 2.45) is 0 Å². The molecule has 6 nitrogen and oxygen atoms in total. The number of rotatable bonds is 5. The minimum Gasteiger partial charge on any atom is -0.505 e. The summed E-state index contributed by atoms with van der Waals surface area (Å²) in [7, 11) is 0. The number of para-hydroxylation sites is 1. The van der Waals surface area contributed by atoms with Crippen LogP contribution in [-0.2, 0) is 4.79 Å². The largest absolute Gasteiger partial charge is 0.505 e. The van der Waals surface area contributed by atoms with Gasteiger partial charge < -0.3 is 26.4 Å². The summed E-state index contributed by atoms with van der Waals surface area (Å²) in [4.78, 5) is 10.7. The highest BCUT2D eigenvalue weighted by Crippen LogP contribution is 2.31. The standard InChI is InChI=1S/C12H18N2O4/c1-7(15)14-6-5-10(16)12(18)8-3-2-4-9(13)11(8)17/h2-4,10,12,16-18H,5-6,13H2,1H3,(H,14,15). The highest BCUT2D eigenvalue weighted by molar-refractivity contribution is 5.72. The van der Waals surface area contributed by atoms with Gasteiger partial charge >= 0.3 is 0 Å². The van der Waals surface area contributed by atoms with Gasteiger partial charge in [-0.1, -0.05) is 12.1 Å². The number of phenols is 1. The van der Waals surface area contributed by atoms with Crippen molar-refractivity contribution in [1.29, 1.82) is 0 Å². The van der Waals surface area contributed by atoms with Gasteiger partial charge in [0.1, 0.15) is 11.9 Å². The number of nitrogens with one attached hydrogen (secondary N) is 1. The van der Waals surface area contributed by atoms with E-state index in [4.69, 9.17) is 5.73 Å². The van der Waals surface area contributed by atoms with E-state index in [1.165, 1.54) is 19.1 Å². The smallest absolute Gasteiger partial charge is 0.216 e. The molecule has 0 aromatic heterocycles. The highest BCUT2D eigenvalue weighted by Gasteiger charge is 2.21. The number of carbonyl (C=O) groups excluding carboxylic acids is 1. The second kappa shape index (κ2) is 6.23. The third kappa shape index (κ3) is 3.61. The lowest BCUT2D eigenvalue weighted by Gasteiger charge is -2.19. The zero-order chi connectivity index (χ0) is 13.7. The molecule has 1 aromatic rings. The van der Waals surface area contributed by atoms with Gasteiger partial charge in [0.25, 0.3) is 0 Å². The van der Waals surface area contributed by atoms with Crippen LogP contribution in [0.1, 0.15) is 25.0 Å². The Morgan fingerprint density at radius 2 is 2.11 bits per heavy atom. The number of hydrogen-bond donors (Lipinski definition) is 5. The number of carbonyl (C=O) groups is 1. The first-order valence-corrected chi connectivity index (χ1v) is 5.61. The molecule has 0 bridgehead atoms. The average molecular weight is 254 g/mol. The first-order chi connectivity index (χ1) is 8.43. The third-order valence-electron chi connectivity index (χ3n) is 2.60. The molecule has 1 aromatic carbocycles. The normalized spacial score (nSPS) is 13.9. The summed E-state index contributed by atoms with van der Waals surface area (Å²) in [6, 6.07) is 4.56. The van der Waals surface area contributed by atoms with E-state index in [-0.39, 0.29) is 35.9 Å². The molecule has 0 radical (unpaired) electrons. The fraction of sp³-hybridized carbons (Fsp3) is 0.417. The lowest BCUT2D eigenvalue weighted by Crippen LogP contribution is -2.27. The summed E-state index contributed by atoms with van der Waals surface area (Å²) in [5, 5.41) is 31.8. The quantitative estimate of drug-likeness (QED) is 0.371. The molecular formula is C12H18N2O4. The summed E-state index contributed by atoms with van der Waals surface area (Å²) in [6.07, 6.45) is -2.17. The van der Waals surface area contributed by atoms with E-state index >= 15 is 0 Å². The maximum absolute atomic E-state index is 10.7. The number of amides is 1. The molecule has 0 saturated heterocycles. The van der Waals surface area contributed by atoms with Gasteiger partial charge in [0.05, 0.1) is 11.8 Å². The Balaban J connectivity index is 2.65. The summed E-state index contributed by atoms with van der Waals surface area (Å²) in [5.74, 6) is -0.438. The molecule has 18 heavy (non-hydrogen) atoms. The van der Waals surface area contributed by atoms with Crippen molar-refractivity contribution in [3.05, 3.63) is 23.8 Å². The van der Waals surface area contributed by atoms with E-state index in [9.17, 15) is 20.1 Å².